The Morgan fingerprint density at radius 2 is 0.776 bits per heavy atom. The van der Waals surface area contributed by atoms with Crippen LogP contribution in [0.2, 0.25) is 0 Å². The topological polar surface area (TPSA) is 90.2 Å². The van der Waals surface area contributed by atoms with E-state index in [1.807, 2.05) is 79.0 Å². The normalized spacial score (nSPS) is 11.4. The van der Waals surface area contributed by atoms with Gasteiger partial charge in [0.15, 0.2) is 17.5 Å². The molecular formula is C51H31N7. The van der Waals surface area contributed by atoms with E-state index >= 15 is 0 Å². The highest BCUT2D eigenvalue weighted by Crippen LogP contribution is 2.32. The first kappa shape index (κ1) is 33.3. The maximum Gasteiger partial charge on any atom is 0.182 e. The van der Waals surface area contributed by atoms with Crippen LogP contribution in [0.1, 0.15) is 0 Å². The Labute approximate surface area is 333 Å². The third-order valence-corrected chi connectivity index (χ3v) is 10.6. The molecule has 270 valence electrons. The molecule has 0 aliphatic carbocycles. The van der Waals surface area contributed by atoms with Crippen LogP contribution in [0.4, 0.5) is 0 Å². The summed E-state index contributed by atoms with van der Waals surface area (Å²) in [5.41, 5.74) is 12.2. The maximum absolute atomic E-state index is 5.09. The number of rotatable bonds is 6. The molecule has 58 heavy (non-hydrogen) atoms. The quantitative estimate of drug-likeness (QED) is 0.157. The van der Waals surface area contributed by atoms with Crippen LogP contribution in [-0.4, -0.2) is 34.9 Å². The van der Waals surface area contributed by atoms with E-state index in [1.54, 1.807) is 0 Å². The number of hydrogen-bond donors (Lipinski definition) is 0. The second kappa shape index (κ2) is 13.9. The van der Waals surface area contributed by atoms with Crippen LogP contribution >= 0.6 is 0 Å². The van der Waals surface area contributed by atoms with Crippen molar-refractivity contribution in [1.29, 1.82) is 0 Å². The van der Waals surface area contributed by atoms with Gasteiger partial charge in [-0.3, -0.25) is 4.98 Å². The van der Waals surface area contributed by atoms with Crippen LogP contribution in [0.15, 0.2) is 188 Å². The summed E-state index contributed by atoms with van der Waals surface area (Å²) in [6.45, 7) is 0. The number of pyridine rings is 4. The standard InChI is InChI=1S/C51H31N7/c1-3-8-37(9-4-1)49-56-50(38-10-5-2-6-11-38)58-51(57-49)45-28-21-34-17-20-40(31-46(34)54-45)39-23-26-44-41(30-39)24-27-42(53-44)32-13-15-33(16-14-32)43-25-22-36-19-18-35-12-7-29-52-47(35)48(36)55-43/h1-31H. The van der Waals surface area contributed by atoms with Crippen molar-refractivity contribution >= 4 is 43.6 Å². The first-order valence-corrected chi connectivity index (χ1v) is 19.1. The molecule has 0 radical (unpaired) electrons. The number of aromatic nitrogens is 7. The zero-order valence-corrected chi connectivity index (χ0v) is 31.0. The van der Waals surface area contributed by atoms with E-state index in [-0.39, 0.29) is 0 Å². The smallest absolute Gasteiger partial charge is 0.182 e. The van der Waals surface area contributed by atoms with Crippen LogP contribution in [0.5, 0.6) is 0 Å². The Bertz CT molecular complexity index is 3270. The molecule has 0 N–H and O–H groups in total. The summed E-state index contributed by atoms with van der Waals surface area (Å²) in [5.74, 6) is 1.74. The summed E-state index contributed by atoms with van der Waals surface area (Å²) in [5, 5.41) is 4.26. The summed E-state index contributed by atoms with van der Waals surface area (Å²) in [6, 6.07) is 61.9. The fraction of sp³-hybridized carbons (Fsp3) is 0. The Morgan fingerprint density at radius 1 is 0.259 bits per heavy atom. The van der Waals surface area contributed by atoms with E-state index in [1.165, 1.54) is 0 Å². The Kier molecular flexibility index (Phi) is 8.00. The highest BCUT2D eigenvalue weighted by molar-refractivity contribution is 6.03. The molecule has 0 unspecified atom stereocenters. The average Bonchev–Trinajstić information content (AvgIpc) is 3.31. The highest BCUT2D eigenvalue weighted by Gasteiger charge is 2.14. The van der Waals surface area contributed by atoms with E-state index < -0.39 is 0 Å². The van der Waals surface area contributed by atoms with E-state index in [2.05, 4.69) is 114 Å². The highest BCUT2D eigenvalue weighted by atomic mass is 15.0. The monoisotopic (exact) mass is 741 g/mol. The van der Waals surface area contributed by atoms with E-state index in [0.29, 0.717) is 23.2 Å². The summed E-state index contributed by atoms with van der Waals surface area (Å²) in [6.07, 6.45) is 1.82. The van der Waals surface area contributed by atoms with Gasteiger partial charge in [0.25, 0.3) is 0 Å². The second-order valence-corrected chi connectivity index (χ2v) is 14.2. The van der Waals surface area contributed by atoms with Crippen molar-refractivity contribution in [2.24, 2.45) is 0 Å². The van der Waals surface area contributed by atoms with Gasteiger partial charge in [0.1, 0.15) is 5.69 Å². The minimum Gasteiger partial charge on any atom is -0.254 e. The molecular weight excluding hydrogens is 711 g/mol. The van der Waals surface area contributed by atoms with Crippen molar-refractivity contribution in [3.63, 3.8) is 0 Å². The molecule has 5 aromatic heterocycles. The van der Waals surface area contributed by atoms with Gasteiger partial charge in [-0.1, -0.05) is 140 Å². The summed E-state index contributed by atoms with van der Waals surface area (Å²) >= 11 is 0. The van der Waals surface area contributed by atoms with Gasteiger partial charge in [0, 0.05) is 50.0 Å². The molecule has 0 aliphatic heterocycles. The van der Waals surface area contributed by atoms with Crippen LogP contribution < -0.4 is 0 Å². The SMILES string of the molecule is c1ccc(-c2nc(-c3ccccc3)nc(-c3ccc4ccc(-c5ccc6nc(-c7ccc(-c8ccc9ccc%10cccnc%10c9n8)cc7)ccc6c5)cc4n3)n2)cc1. The Morgan fingerprint density at radius 3 is 1.50 bits per heavy atom. The lowest BCUT2D eigenvalue weighted by molar-refractivity contribution is 1.06. The number of nitrogens with zero attached hydrogens (tertiary/aromatic N) is 7. The minimum absolute atomic E-state index is 0.527. The number of hydrogen-bond acceptors (Lipinski definition) is 7. The molecule has 0 spiro atoms. The van der Waals surface area contributed by atoms with Crippen molar-refractivity contribution < 1.29 is 0 Å². The fourth-order valence-electron chi connectivity index (χ4n) is 7.51. The van der Waals surface area contributed by atoms with Gasteiger partial charge in [0.05, 0.1) is 33.5 Å². The lowest BCUT2D eigenvalue weighted by atomic mass is 10.0. The molecule has 0 amide bonds. The second-order valence-electron chi connectivity index (χ2n) is 14.2. The molecule has 0 saturated heterocycles. The molecule has 0 aliphatic rings. The summed E-state index contributed by atoms with van der Waals surface area (Å²) in [4.78, 5) is 34.4. The zero-order chi connectivity index (χ0) is 38.4. The summed E-state index contributed by atoms with van der Waals surface area (Å²) in [7, 11) is 0. The van der Waals surface area contributed by atoms with Crippen LogP contribution in [0, 0.1) is 0 Å². The lowest BCUT2D eigenvalue weighted by Gasteiger charge is -2.10. The van der Waals surface area contributed by atoms with Gasteiger partial charge in [-0.15, -0.1) is 0 Å². The molecule has 7 heteroatoms. The first-order chi connectivity index (χ1) is 28.7. The number of benzene rings is 6. The van der Waals surface area contributed by atoms with Gasteiger partial charge in [-0.05, 0) is 53.6 Å². The molecule has 0 atom stereocenters. The largest absolute Gasteiger partial charge is 0.254 e. The van der Waals surface area contributed by atoms with Gasteiger partial charge < -0.3 is 0 Å². The predicted molar refractivity (Wildman–Crippen MR) is 234 cm³/mol. The van der Waals surface area contributed by atoms with Gasteiger partial charge in [-0.2, -0.15) is 0 Å². The van der Waals surface area contributed by atoms with Crippen molar-refractivity contribution in [1.82, 2.24) is 34.9 Å². The van der Waals surface area contributed by atoms with E-state index in [0.717, 1.165) is 88.4 Å². The molecule has 0 fully saturated rings. The van der Waals surface area contributed by atoms with Gasteiger partial charge >= 0.3 is 0 Å². The minimum atomic E-state index is 0.527. The van der Waals surface area contributed by atoms with Crippen molar-refractivity contribution in [3.05, 3.63) is 188 Å². The first-order valence-electron chi connectivity index (χ1n) is 19.1. The molecule has 0 bridgehead atoms. The predicted octanol–water partition coefficient (Wildman–Crippen LogP) is 12.1. The van der Waals surface area contributed by atoms with E-state index in [4.69, 9.17) is 29.9 Å². The average molecular weight is 742 g/mol. The molecule has 0 saturated carbocycles. The lowest BCUT2D eigenvalue weighted by Crippen LogP contribution is -2.01. The van der Waals surface area contributed by atoms with Gasteiger partial charge in [-0.25, -0.2) is 29.9 Å². The van der Waals surface area contributed by atoms with Gasteiger partial charge in [0.2, 0.25) is 0 Å². The van der Waals surface area contributed by atoms with Crippen molar-refractivity contribution in [3.8, 4) is 67.9 Å². The van der Waals surface area contributed by atoms with E-state index in [9.17, 15) is 0 Å². The molecule has 6 aromatic carbocycles. The van der Waals surface area contributed by atoms with Crippen LogP contribution in [0.3, 0.4) is 0 Å². The number of fused-ring (bicyclic) bond motifs is 5. The fourth-order valence-corrected chi connectivity index (χ4v) is 7.51. The molecule has 7 nitrogen and oxygen atoms in total. The van der Waals surface area contributed by atoms with Crippen molar-refractivity contribution in [2.45, 2.75) is 0 Å². The summed E-state index contributed by atoms with van der Waals surface area (Å²) < 4.78 is 0. The Balaban J connectivity index is 0.888. The van der Waals surface area contributed by atoms with Crippen LogP contribution in [0.25, 0.3) is 112 Å². The third kappa shape index (κ3) is 6.17. The molecule has 11 aromatic rings. The van der Waals surface area contributed by atoms with Crippen molar-refractivity contribution in [2.75, 3.05) is 0 Å². The third-order valence-electron chi connectivity index (χ3n) is 10.6. The maximum atomic E-state index is 5.09. The molecule has 5 heterocycles. The van der Waals surface area contributed by atoms with Crippen LogP contribution in [-0.2, 0) is 0 Å². The zero-order valence-electron chi connectivity index (χ0n) is 31.0. The molecule has 11 rings (SSSR count). The Hall–Kier alpha value is -8.03.